The highest BCUT2D eigenvalue weighted by Gasteiger charge is 2.18. The number of benzene rings is 3. The molecule has 0 aliphatic heterocycles. The molecule has 3 aromatic carbocycles. The van der Waals surface area contributed by atoms with E-state index in [0.29, 0.717) is 29.4 Å². The van der Waals surface area contributed by atoms with Crippen molar-refractivity contribution in [3.63, 3.8) is 0 Å². The Bertz CT molecular complexity index is 1190. The van der Waals surface area contributed by atoms with Crippen LogP contribution in [0.5, 0.6) is 0 Å². The first-order valence-corrected chi connectivity index (χ1v) is 11.0. The van der Waals surface area contributed by atoms with Gasteiger partial charge in [0.1, 0.15) is 5.76 Å². The lowest BCUT2D eigenvalue weighted by Crippen LogP contribution is -2.30. The molecule has 1 N–H and O–H groups in total. The third kappa shape index (κ3) is 6.11. The molecule has 5 nitrogen and oxygen atoms in total. The van der Waals surface area contributed by atoms with Crippen molar-refractivity contribution < 1.29 is 14.0 Å². The molecule has 1 aromatic heterocycles. The molecule has 0 unspecified atom stereocenters. The maximum Gasteiger partial charge on any atom is 0.258 e. The summed E-state index contributed by atoms with van der Waals surface area (Å²) < 4.78 is 5.23. The Kier molecular flexibility index (Phi) is 7.22. The fraction of sp³-hybridized carbons (Fsp3) is 0.111. The van der Waals surface area contributed by atoms with Gasteiger partial charge in [0.15, 0.2) is 0 Å². The van der Waals surface area contributed by atoms with E-state index < -0.39 is 0 Å². The van der Waals surface area contributed by atoms with E-state index >= 15 is 0 Å². The SMILES string of the molecule is O=C(Cc1ccc(N(Cc2ccccc2)C(=O)c2ccc(Cl)cc2)cc1)NCc1ccco1. The van der Waals surface area contributed by atoms with Crippen molar-refractivity contribution >= 4 is 29.1 Å². The fourth-order valence-electron chi connectivity index (χ4n) is 3.44. The van der Waals surface area contributed by atoms with Gasteiger partial charge in [0, 0.05) is 16.3 Å². The molecular weight excluding hydrogens is 436 g/mol. The molecule has 0 aliphatic carbocycles. The summed E-state index contributed by atoms with van der Waals surface area (Å²) in [5.41, 5.74) is 3.17. The quantitative estimate of drug-likeness (QED) is 0.371. The zero-order valence-electron chi connectivity index (χ0n) is 17.9. The van der Waals surface area contributed by atoms with Crippen molar-refractivity contribution in [2.24, 2.45) is 0 Å². The Morgan fingerprint density at radius 1 is 0.818 bits per heavy atom. The minimum atomic E-state index is -0.125. The molecule has 6 heteroatoms. The van der Waals surface area contributed by atoms with E-state index in [0.717, 1.165) is 16.8 Å². The maximum absolute atomic E-state index is 13.3. The number of furan rings is 1. The van der Waals surface area contributed by atoms with Gasteiger partial charge < -0.3 is 14.6 Å². The molecule has 0 spiro atoms. The molecular formula is C27H23ClN2O3. The van der Waals surface area contributed by atoms with E-state index in [-0.39, 0.29) is 18.2 Å². The lowest BCUT2D eigenvalue weighted by atomic mass is 10.1. The molecule has 4 rings (SSSR count). The minimum Gasteiger partial charge on any atom is -0.467 e. The van der Waals surface area contributed by atoms with Crippen LogP contribution in [0.3, 0.4) is 0 Å². The lowest BCUT2D eigenvalue weighted by molar-refractivity contribution is -0.120. The Balaban J connectivity index is 1.49. The number of carbonyl (C=O) groups excluding carboxylic acids is 2. The number of hydrogen-bond acceptors (Lipinski definition) is 3. The number of carbonyl (C=O) groups is 2. The molecule has 4 aromatic rings. The van der Waals surface area contributed by atoms with Crippen LogP contribution in [0.2, 0.25) is 5.02 Å². The predicted octanol–water partition coefficient (Wildman–Crippen LogP) is 5.64. The Morgan fingerprint density at radius 3 is 2.21 bits per heavy atom. The van der Waals surface area contributed by atoms with Crippen LogP contribution < -0.4 is 10.2 Å². The fourth-order valence-corrected chi connectivity index (χ4v) is 3.56. The first-order valence-electron chi connectivity index (χ1n) is 10.6. The third-order valence-electron chi connectivity index (χ3n) is 5.17. The van der Waals surface area contributed by atoms with Gasteiger partial charge in [0.2, 0.25) is 5.91 Å². The van der Waals surface area contributed by atoms with Crippen molar-refractivity contribution in [2.45, 2.75) is 19.5 Å². The molecule has 0 saturated heterocycles. The van der Waals surface area contributed by atoms with Crippen molar-refractivity contribution in [1.82, 2.24) is 5.32 Å². The minimum absolute atomic E-state index is 0.0995. The van der Waals surface area contributed by atoms with Gasteiger partial charge in [-0.1, -0.05) is 54.1 Å². The summed E-state index contributed by atoms with van der Waals surface area (Å²) in [6.45, 7) is 0.773. The van der Waals surface area contributed by atoms with Gasteiger partial charge in [-0.15, -0.1) is 0 Å². The second-order valence-corrected chi connectivity index (χ2v) is 8.02. The van der Waals surface area contributed by atoms with E-state index in [2.05, 4.69) is 5.32 Å². The van der Waals surface area contributed by atoms with Gasteiger partial charge in [-0.2, -0.15) is 0 Å². The Morgan fingerprint density at radius 2 is 1.55 bits per heavy atom. The topological polar surface area (TPSA) is 62.6 Å². The first kappa shape index (κ1) is 22.4. The zero-order valence-corrected chi connectivity index (χ0v) is 18.7. The molecule has 2 amide bonds. The Hall–Kier alpha value is -3.83. The highest BCUT2D eigenvalue weighted by molar-refractivity contribution is 6.30. The zero-order chi connectivity index (χ0) is 23.0. The van der Waals surface area contributed by atoms with Crippen LogP contribution in [0.15, 0.2) is 102 Å². The van der Waals surface area contributed by atoms with Gasteiger partial charge in [-0.25, -0.2) is 0 Å². The number of rotatable bonds is 8. The number of nitrogens with one attached hydrogen (secondary N) is 1. The molecule has 0 bridgehead atoms. The normalized spacial score (nSPS) is 10.6. The van der Waals surface area contributed by atoms with E-state index in [1.54, 1.807) is 41.5 Å². The van der Waals surface area contributed by atoms with E-state index in [1.165, 1.54) is 0 Å². The number of anilines is 1. The highest BCUT2D eigenvalue weighted by atomic mass is 35.5. The van der Waals surface area contributed by atoms with E-state index in [4.69, 9.17) is 16.0 Å². The summed E-state index contributed by atoms with van der Waals surface area (Å²) >= 11 is 5.99. The molecule has 166 valence electrons. The van der Waals surface area contributed by atoms with Crippen LogP contribution in [-0.4, -0.2) is 11.8 Å². The Labute approximate surface area is 197 Å². The maximum atomic E-state index is 13.3. The van der Waals surface area contributed by atoms with Crippen LogP contribution >= 0.6 is 11.6 Å². The summed E-state index contributed by atoms with van der Waals surface area (Å²) in [4.78, 5) is 27.3. The number of halogens is 1. The second-order valence-electron chi connectivity index (χ2n) is 7.58. The van der Waals surface area contributed by atoms with Crippen molar-refractivity contribution in [3.05, 3.63) is 125 Å². The first-order chi connectivity index (χ1) is 16.1. The van der Waals surface area contributed by atoms with Crippen LogP contribution in [0.25, 0.3) is 0 Å². The standard InChI is InChI=1S/C27H23ClN2O3/c28-23-12-10-22(11-13-23)27(32)30(19-21-5-2-1-3-6-21)24-14-8-20(9-15-24)17-26(31)29-18-25-7-4-16-33-25/h1-16H,17-19H2,(H,29,31). The van der Waals surface area contributed by atoms with Gasteiger partial charge in [0.05, 0.1) is 25.8 Å². The summed E-state index contributed by atoms with van der Waals surface area (Å²) in [5, 5.41) is 3.42. The van der Waals surface area contributed by atoms with Crippen LogP contribution in [0, 0.1) is 0 Å². The van der Waals surface area contributed by atoms with Crippen LogP contribution in [0.1, 0.15) is 27.2 Å². The van der Waals surface area contributed by atoms with Gasteiger partial charge in [-0.3, -0.25) is 9.59 Å². The van der Waals surface area contributed by atoms with Crippen molar-refractivity contribution in [3.8, 4) is 0 Å². The monoisotopic (exact) mass is 458 g/mol. The summed E-state index contributed by atoms with van der Waals surface area (Å²) in [7, 11) is 0. The van der Waals surface area contributed by atoms with Gasteiger partial charge >= 0.3 is 0 Å². The molecule has 33 heavy (non-hydrogen) atoms. The second kappa shape index (κ2) is 10.7. The summed E-state index contributed by atoms with van der Waals surface area (Å²) in [6.07, 6.45) is 1.82. The summed E-state index contributed by atoms with van der Waals surface area (Å²) in [6, 6.07) is 27.7. The molecule has 1 heterocycles. The largest absolute Gasteiger partial charge is 0.467 e. The molecule has 0 radical (unpaired) electrons. The number of hydrogen-bond donors (Lipinski definition) is 1. The van der Waals surface area contributed by atoms with Crippen LogP contribution in [-0.2, 0) is 24.3 Å². The summed E-state index contributed by atoms with van der Waals surface area (Å²) in [5.74, 6) is 0.480. The highest BCUT2D eigenvalue weighted by Crippen LogP contribution is 2.22. The lowest BCUT2D eigenvalue weighted by Gasteiger charge is -2.23. The number of amides is 2. The average Bonchev–Trinajstić information content (AvgIpc) is 3.36. The smallest absolute Gasteiger partial charge is 0.258 e. The molecule has 0 saturated carbocycles. The number of nitrogens with zero attached hydrogens (tertiary/aromatic N) is 1. The van der Waals surface area contributed by atoms with Crippen molar-refractivity contribution in [1.29, 1.82) is 0 Å². The van der Waals surface area contributed by atoms with E-state index in [1.807, 2.05) is 60.7 Å². The molecule has 0 fully saturated rings. The van der Waals surface area contributed by atoms with Crippen LogP contribution in [0.4, 0.5) is 5.69 Å². The van der Waals surface area contributed by atoms with Crippen molar-refractivity contribution in [2.75, 3.05) is 4.90 Å². The molecule has 0 aliphatic rings. The van der Waals surface area contributed by atoms with Gasteiger partial charge in [0.25, 0.3) is 5.91 Å². The average molecular weight is 459 g/mol. The predicted molar refractivity (Wildman–Crippen MR) is 129 cm³/mol. The van der Waals surface area contributed by atoms with E-state index in [9.17, 15) is 9.59 Å². The van der Waals surface area contributed by atoms with Gasteiger partial charge in [-0.05, 0) is 59.7 Å². The third-order valence-corrected chi connectivity index (χ3v) is 5.42. The molecule has 0 atom stereocenters.